The molecule has 0 saturated carbocycles. The fourth-order valence-electron chi connectivity index (χ4n) is 2.98. The van der Waals surface area contributed by atoms with Gasteiger partial charge >= 0.3 is 0 Å². The van der Waals surface area contributed by atoms with Crippen LogP contribution < -0.4 is 5.32 Å². The molecule has 1 unspecified atom stereocenters. The summed E-state index contributed by atoms with van der Waals surface area (Å²) in [6.07, 6.45) is 8.40. The van der Waals surface area contributed by atoms with Crippen molar-refractivity contribution in [1.82, 2.24) is 25.1 Å². The molecule has 0 fully saturated rings. The van der Waals surface area contributed by atoms with Gasteiger partial charge < -0.3 is 5.32 Å². The van der Waals surface area contributed by atoms with Crippen LogP contribution in [0.1, 0.15) is 50.4 Å². The lowest BCUT2D eigenvalue weighted by molar-refractivity contribution is 0.453. The number of fused-ring (bicyclic) bond motifs is 1. The summed E-state index contributed by atoms with van der Waals surface area (Å²) in [5, 5.41) is 7.91. The highest BCUT2D eigenvalue weighted by Crippen LogP contribution is 2.29. The van der Waals surface area contributed by atoms with Crippen LogP contribution in [-0.2, 0) is 13.0 Å². The molecule has 5 nitrogen and oxygen atoms in total. The van der Waals surface area contributed by atoms with Gasteiger partial charge in [-0.05, 0) is 45.2 Å². The molecule has 0 aromatic carbocycles. The standard InChI is InChI=1S/C16H23N5/c1-3-9-17-13-6-5-7-14-12(13)11-18-16(20-14)15-8-10-19-21(15)4-2/h8,10-11,13,17H,3-7,9H2,1-2H3. The van der Waals surface area contributed by atoms with E-state index in [-0.39, 0.29) is 0 Å². The lowest BCUT2D eigenvalue weighted by Crippen LogP contribution is -2.26. The van der Waals surface area contributed by atoms with Crippen LogP contribution in [-0.4, -0.2) is 26.3 Å². The maximum atomic E-state index is 4.81. The van der Waals surface area contributed by atoms with E-state index in [1.807, 2.05) is 23.1 Å². The predicted molar refractivity (Wildman–Crippen MR) is 82.9 cm³/mol. The van der Waals surface area contributed by atoms with E-state index in [2.05, 4.69) is 29.2 Å². The fraction of sp³-hybridized carbons (Fsp3) is 0.562. The Bertz CT molecular complexity index is 604. The van der Waals surface area contributed by atoms with E-state index in [0.29, 0.717) is 6.04 Å². The molecule has 21 heavy (non-hydrogen) atoms. The van der Waals surface area contributed by atoms with Crippen LogP contribution in [0.15, 0.2) is 18.5 Å². The van der Waals surface area contributed by atoms with Gasteiger partial charge in [-0.15, -0.1) is 0 Å². The van der Waals surface area contributed by atoms with Crippen molar-refractivity contribution in [2.75, 3.05) is 6.54 Å². The summed E-state index contributed by atoms with van der Waals surface area (Å²) in [5.41, 5.74) is 3.48. The summed E-state index contributed by atoms with van der Waals surface area (Å²) in [7, 11) is 0. The Morgan fingerprint density at radius 1 is 1.38 bits per heavy atom. The van der Waals surface area contributed by atoms with Gasteiger partial charge in [0.25, 0.3) is 0 Å². The number of hydrogen-bond acceptors (Lipinski definition) is 4. The molecule has 1 aliphatic carbocycles. The molecule has 0 spiro atoms. The van der Waals surface area contributed by atoms with Crippen LogP contribution >= 0.6 is 0 Å². The molecule has 2 heterocycles. The maximum absolute atomic E-state index is 4.81. The van der Waals surface area contributed by atoms with Crippen LogP contribution in [0.4, 0.5) is 0 Å². The van der Waals surface area contributed by atoms with Crippen LogP contribution in [0.5, 0.6) is 0 Å². The fourth-order valence-corrected chi connectivity index (χ4v) is 2.98. The Morgan fingerprint density at radius 3 is 3.10 bits per heavy atom. The number of nitrogens with one attached hydrogen (secondary N) is 1. The summed E-state index contributed by atoms with van der Waals surface area (Å²) >= 11 is 0. The van der Waals surface area contributed by atoms with E-state index in [0.717, 1.165) is 37.4 Å². The first-order valence-corrected chi connectivity index (χ1v) is 7.94. The number of aryl methyl sites for hydroxylation is 2. The van der Waals surface area contributed by atoms with Crippen LogP contribution in [0.25, 0.3) is 11.5 Å². The van der Waals surface area contributed by atoms with Crippen molar-refractivity contribution in [1.29, 1.82) is 0 Å². The molecule has 112 valence electrons. The zero-order valence-electron chi connectivity index (χ0n) is 12.8. The van der Waals surface area contributed by atoms with E-state index >= 15 is 0 Å². The zero-order valence-corrected chi connectivity index (χ0v) is 12.8. The van der Waals surface area contributed by atoms with Crippen molar-refractivity contribution >= 4 is 0 Å². The van der Waals surface area contributed by atoms with Gasteiger partial charge in [0.1, 0.15) is 5.69 Å². The van der Waals surface area contributed by atoms with Crippen molar-refractivity contribution in [2.45, 2.75) is 52.1 Å². The molecule has 0 amide bonds. The number of aromatic nitrogens is 4. The highest BCUT2D eigenvalue weighted by molar-refractivity contribution is 5.50. The van der Waals surface area contributed by atoms with E-state index < -0.39 is 0 Å². The quantitative estimate of drug-likeness (QED) is 0.917. The van der Waals surface area contributed by atoms with Crippen LogP contribution in [0.3, 0.4) is 0 Å². The zero-order chi connectivity index (χ0) is 14.7. The van der Waals surface area contributed by atoms with Crippen molar-refractivity contribution in [2.24, 2.45) is 0 Å². The largest absolute Gasteiger partial charge is 0.310 e. The first-order valence-electron chi connectivity index (χ1n) is 7.94. The Balaban J connectivity index is 1.91. The SMILES string of the molecule is CCCNC1CCCc2nc(-c3ccnn3CC)ncc21. The molecule has 1 N–H and O–H groups in total. The highest BCUT2D eigenvalue weighted by atomic mass is 15.3. The van der Waals surface area contributed by atoms with Gasteiger partial charge in [-0.2, -0.15) is 5.10 Å². The van der Waals surface area contributed by atoms with E-state index in [1.165, 1.54) is 24.1 Å². The number of nitrogens with zero attached hydrogens (tertiary/aromatic N) is 4. The minimum atomic E-state index is 0.416. The average molecular weight is 285 g/mol. The second kappa shape index (κ2) is 6.35. The molecule has 2 aromatic rings. The topological polar surface area (TPSA) is 55.6 Å². The van der Waals surface area contributed by atoms with Gasteiger partial charge in [-0.1, -0.05) is 6.92 Å². The summed E-state index contributed by atoms with van der Waals surface area (Å²) < 4.78 is 1.94. The molecule has 3 rings (SSSR count). The normalized spacial score (nSPS) is 17.7. The third kappa shape index (κ3) is 2.83. The first-order chi connectivity index (χ1) is 10.3. The molecule has 0 saturated heterocycles. The van der Waals surface area contributed by atoms with Gasteiger partial charge in [-0.25, -0.2) is 9.97 Å². The van der Waals surface area contributed by atoms with Gasteiger partial charge in [0.2, 0.25) is 0 Å². The van der Waals surface area contributed by atoms with Gasteiger partial charge in [0.15, 0.2) is 5.82 Å². The summed E-state index contributed by atoms with van der Waals surface area (Å²) in [6.45, 7) is 6.17. The van der Waals surface area contributed by atoms with Gasteiger partial charge in [0, 0.05) is 36.2 Å². The predicted octanol–water partition coefficient (Wildman–Crippen LogP) is 2.74. The van der Waals surface area contributed by atoms with Crippen molar-refractivity contribution in [3.63, 3.8) is 0 Å². The Labute approximate surface area is 125 Å². The Kier molecular flexibility index (Phi) is 4.29. The molecule has 0 radical (unpaired) electrons. The molecule has 1 atom stereocenters. The van der Waals surface area contributed by atoms with Crippen molar-refractivity contribution in [3.8, 4) is 11.5 Å². The second-order valence-corrected chi connectivity index (χ2v) is 5.53. The molecular formula is C16H23N5. The maximum Gasteiger partial charge on any atom is 0.178 e. The second-order valence-electron chi connectivity index (χ2n) is 5.53. The minimum Gasteiger partial charge on any atom is -0.310 e. The average Bonchev–Trinajstić information content (AvgIpc) is 3.00. The Morgan fingerprint density at radius 2 is 2.29 bits per heavy atom. The van der Waals surface area contributed by atoms with E-state index in [4.69, 9.17) is 4.98 Å². The first kappa shape index (κ1) is 14.2. The van der Waals surface area contributed by atoms with Crippen molar-refractivity contribution < 1.29 is 0 Å². The third-order valence-electron chi connectivity index (χ3n) is 4.07. The third-order valence-corrected chi connectivity index (χ3v) is 4.07. The molecule has 1 aliphatic rings. The molecule has 0 bridgehead atoms. The Hall–Kier alpha value is -1.75. The van der Waals surface area contributed by atoms with Crippen LogP contribution in [0, 0.1) is 0 Å². The van der Waals surface area contributed by atoms with Gasteiger partial charge in [0.05, 0.1) is 0 Å². The molecule has 5 heteroatoms. The number of rotatable bonds is 5. The van der Waals surface area contributed by atoms with Crippen LogP contribution in [0.2, 0.25) is 0 Å². The van der Waals surface area contributed by atoms with E-state index in [9.17, 15) is 0 Å². The number of hydrogen-bond donors (Lipinski definition) is 1. The summed E-state index contributed by atoms with van der Waals surface area (Å²) in [5.74, 6) is 0.796. The van der Waals surface area contributed by atoms with Gasteiger partial charge in [-0.3, -0.25) is 4.68 Å². The minimum absolute atomic E-state index is 0.416. The summed E-state index contributed by atoms with van der Waals surface area (Å²) in [4.78, 5) is 9.40. The monoisotopic (exact) mass is 285 g/mol. The summed E-state index contributed by atoms with van der Waals surface area (Å²) in [6, 6.07) is 2.40. The molecule has 2 aromatic heterocycles. The lowest BCUT2D eigenvalue weighted by atomic mass is 9.92. The molecule has 0 aliphatic heterocycles. The lowest BCUT2D eigenvalue weighted by Gasteiger charge is -2.25. The van der Waals surface area contributed by atoms with Crippen molar-refractivity contribution in [3.05, 3.63) is 29.7 Å². The highest BCUT2D eigenvalue weighted by Gasteiger charge is 2.22. The smallest absolute Gasteiger partial charge is 0.178 e. The van der Waals surface area contributed by atoms with E-state index in [1.54, 1.807) is 0 Å². The molecular weight excluding hydrogens is 262 g/mol.